The lowest BCUT2D eigenvalue weighted by molar-refractivity contribution is 0.292. The van der Waals surface area contributed by atoms with Crippen LogP contribution in [0.5, 0.6) is 23.0 Å². The molecule has 426 valence electrons. The second-order valence-corrected chi connectivity index (χ2v) is 22.3. The highest BCUT2D eigenvalue weighted by Crippen LogP contribution is 2.46. The topological polar surface area (TPSA) is 79.1 Å². The third-order valence-electron chi connectivity index (χ3n) is 15.5. The van der Waals surface area contributed by atoms with Gasteiger partial charge in [0.2, 0.25) is 11.8 Å². The van der Waals surface area contributed by atoms with Gasteiger partial charge in [-0.1, -0.05) is 191 Å². The van der Waals surface area contributed by atoms with Crippen molar-refractivity contribution in [3.63, 3.8) is 0 Å². The summed E-state index contributed by atoms with van der Waals surface area (Å²) < 4.78 is 32.9. The van der Waals surface area contributed by atoms with Gasteiger partial charge >= 0.3 is 0 Å². The molecule has 0 aliphatic carbocycles. The van der Waals surface area contributed by atoms with Crippen LogP contribution in [0.3, 0.4) is 0 Å². The van der Waals surface area contributed by atoms with Gasteiger partial charge in [0.25, 0.3) is 0 Å². The Hall–Kier alpha value is -7.32. The number of hydrogen-bond donors (Lipinski definition) is 0. The van der Waals surface area contributed by atoms with E-state index in [-0.39, 0.29) is 0 Å². The van der Waals surface area contributed by atoms with Gasteiger partial charge in [-0.25, -0.2) is 0 Å². The number of anilines is 3. The van der Waals surface area contributed by atoms with E-state index in [0.717, 1.165) is 123 Å². The second-order valence-electron chi connectivity index (χ2n) is 22.3. The monoisotopic (exact) mass is 1090 g/mol. The Morgan fingerprint density at radius 1 is 0.395 bits per heavy atom. The Morgan fingerprint density at radius 3 is 1.28 bits per heavy atom. The average molecular weight is 1090 g/mol. The number of para-hydroxylation sites is 1. The summed E-state index contributed by atoms with van der Waals surface area (Å²) in [6.07, 6.45) is 18.2. The maximum Gasteiger partial charge on any atom is 0.248 e. The van der Waals surface area contributed by atoms with E-state index in [1.54, 1.807) is 0 Å². The average Bonchev–Trinajstić information content (AvgIpc) is 4.18. The van der Waals surface area contributed by atoms with E-state index in [2.05, 4.69) is 210 Å². The largest absolute Gasteiger partial charge is 0.493 e. The number of aromatic nitrogens is 2. The first-order valence-corrected chi connectivity index (χ1v) is 30.5. The van der Waals surface area contributed by atoms with Crippen molar-refractivity contribution in [1.82, 2.24) is 10.2 Å². The lowest BCUT2D eigenvalue weighted by atomic mass is 9.77. The fourth-order valence-electron chi connectivity index (χ4n) is 10.5. The molecule has 0 radical (unpaired) electrons. The Labute approximate surface area is 485 Å². The van der Waals surface area contributed by atoms with E-state index in [0.29, 0.717) is 38.2 Å². The van der Waals surface area contributed by atoms with Crippen molar-refractivity contribution in [2.24, 2.45) is 0 Å². The summed E-state index contributed by atoms with van der Waals surface area (Å²) in [6.45, 7) is 20.5. The molecule has 1 heterocycles. The normalized spacial score (nSPS) is 11.5. The van der Waals surface area contributed by atoms with Gasteiger partial charge in [0.1, 0.15) is 23.0 Å². The van der Waals surface area contributed by atoms with Crippen molar-refractivity contribution in [1.29, 1.82) is 0 Å². The lowest BCUT2D eigenvalue weighted by Crippen LogP contribution is -2.21. The molecular weight excluding hydrogens is 999 g/mol. The molecule has 8 heteroatoms. The van der Waals surface area contributed by atoms with Crippen molar-refractivity contribution >= 4 is 17.1 Å². The first kappa shape index (κ1) is 59.8. The summed E-state index contributed by atoms with van der Waals surface area (Å²) in [4.78, 5) is 2.34. The van der Waals surface area contributed by atoms with Crippen LogP contribution in [0.4, 0.5) is 17.1 Å². The van der Waals surface area contributed by atoms with Crippen molar-refractivity contribution in [2.45, 2.75) is 164 Å². The van der Waals surface area contributed by atoms with Crippen molar-refractivity contribution < 1.29 is 23.4 Å². The van der Waals surface area contributed by atoms with Gasteiger partial charge in [-0.3, -0.25) is 0 Å². The van der Waals surface area contributed by atoms with E-state index in [1.807, 2.05) is 12.1 Å². The molecule has 8 rings (SSSR count). The van der Waals surface area contributed by atoms with Crippen LogP contribution in [-0.4, -0.2) is 36.6 Å². The predicted octanol–water partition coefficient (Wildman–Crippen LogP) is 21.0. The van der Waals surface area contributed by atoms with Gasteiger partial charge in [-0.2, -0.15) is 0 Å². The molecule has 0 N–H and O–H groups in total. The molecular formula is C73H89N3O5. The minimum Gasteiger partial charge on any atom is -0.493 e. The van der Waals surface area contributed by atoms with Crippen LogP contribution in [0, 0.1) is 13.8 Å². The number of benzene rings is 7. The Morgan fingerprint density at radius 2 is 0.790 bits per heavy atom. The maximum atomic E-state index is 6.90. The van der Waals surface area contributed by atoms with Gasteiger partial charge in [0.05, 0.1) is 26.4 Å². The smallest absolute Gasteiger partial charge is 0.248 e. The minimum absolute atomic E-state index is 0.464. The van der Waals surface area contributed by atoms with E-state index < -0.39 is 5.41 Å². The highest BCUT2D eigenvalue weighted by molar-refractivity contribution is 5.81. The zero-order chi connectivity index (χ0) is 56.8. The van der Waals surface area contributed by atoms with Crippen LogP contribution in [0.2, 0.25) is 0 Å². The van der Waals surface area contributed by atoms with Gasteiger partial charge in [-0.05, 0) is 147 Å². The standard InChI is InChI=1S/C73H89N3O5/c1-9-13-17-24-46-77-67-51-64(68(50-55(67)6)78-47-25-18-14-10-2)57-38-42-62(43-39-57)76(61-28-22-21-23-29-61)63-44-40-60(41-45-63)73(7,8)66-53-69(79-48-26-19-15-11-3)65(52-70(66)80-49-27-20-16-12-4)56-34-36-59(37-35-56)72-75-74-71(81-72)58-32-30-54(5)31-33-58/h21-23,28-45,50-53H,9-20,24-27,46-49H2,1-8H3. The Kier molecular flexibility index (Phi) is 22.5. The molecule has 0 aliphatic rings. The number of nitrogens with zero attached hydrogens (tertiary/aromatic N) is 3. The number of unbranched alkanes of at least 4 members (excludes halogenated alkanes) is 12. The Bertz CT molecular complexity index is 3130. The molecule has 0 unspecified atom stereocenters. The number of ether oxygens (including phenoxy) is 4. The van der Waals surface area contributed by atoms with Crippen LogP contribution in [0.1, 0.15) is 167 Å². The van der Waals surface area contributed by atoms with Crippen LogP contribution >= 0.6 is 0 Å². The first-order valence-electron chi connectivity index (χ1n) is 30.5. The molecule has 0 amide bonds. The fourth-order valence-corrected chi connectivity index (χ4v) is 10.5. The summed E-state index contributed by atoms with van der Waals surface area (Å²) in [6, 6.07) is 53.9. The predicted molar refractivity (Wildman–Crippen MR) is 337 cm³/mol. The molecule has 0 saturated heterocycles. The van der Waals surface area contributed by atoms with E-state index in [1.165, 1.54) is 75.3 Å². The van der Waals surface area contributed by atoms with Crippen LogP contribution in [0.15, 0.2) is 156 Å². The van der Waals surface area contributed by atoms with Crippen LogP contribution in [0.25, 0.3) is 45.2 Å². The highest BCUT2D eigenvalue weighted by Gasteiger charge is 2.30. The highest BCUT2D eigenvalue weighted by atomic mass is 16.5. The van der Waals surface area contributed by atoms with E-state index in [9.17, 15) is 0 Å². The molecule has 8 nitrogen and oxygen atoms in total. The van der Waals surface area contributed by atoms with Crippen LogP contribution in [-0.2, 0) is 5.41 Å². The molecule has 0 saturated carbocycles. The number of aryl methyl sites for hydroxylation is 2. The van der Waals surface area contributed by atoms with E-state index >= 15 is 0 Å². The first-order chi connectivity index (χ1) is 39.6. The quantitative estimate of drug-likeness (QED) is 0.0377. The lowest BCUT2D eigenvalue weighted by Gasteiger charge is -2.31. The Balaban J connectivity index is 1.11. The van der Waals surface area contributed by atoms with Gasteiger partial charge in [0, 0.05) is 50.3 Å². The maximum absolute atomic E-state index is 6.90. The summed E-state index contributed by atoms with van der Waals surface area (Å²) in [5.41, 5.74) is 13.2. The molecule has 0 spiro atoms. The third kappa shape index (κ3) is 16.2. The van der Waals surface area contributed by atoms with Crippen molar-refractivity contribution in [2.75, 3.05) is 31.3 Å². The molecule has 81 heavy (non-hydrogen) atoms. The van der Waals surface area contributed by atoms with Gasteiger partial charge in [0.15, 0.2) is 0 Å². The molecule has 0 aliphatic heterocycles. The van der Waals surface area contributed by atoms with Crippen LogP contribution < -0.4 is 23.8 Å². The molecule has 0 atom stereocenters. The molecule has 0 bridgehead atoms. The van der Waals surface area contributed by atoms with Crippen molar-refractivity contribution in [3.8, 4) is 68.2 Å². The second kappa shape index (κ2) is 30.5. The zero-order valence-electron chi connectivity index (χ0n) is 50.0. The fraction of sp³-hybridized carbons (Fsp3) is 0.397. The summed E-state index contributed by atoms with van der Waals surface area (Å²) >= 11 is 0. The minimum atomic E-state index is -0.464. The zero-order valence-corrected chi connectivity index (χ0v) is 50.0. The molecule has 7 aromatic carbocycles. The summed E-state index contributed by atoms with van der Waals surface area (Å²) in [5.74, 6) is 4.52. The van der Waals surface area contributed by atoms with Gasteiger partial charge in [-0.15, -0.1) is 10.2 Å². The summed E-state index contributed by atoms with van der Waals surface area (Å²) in [5, 5.41) is 8.81. The summed E-state index contributed by atoms with van der Waals surface area (Å²) in [7, 11) is 0. The number of hydrogen-bond acceptors (Lipinski definition) is 8. The third-order valence-corrected chi connectivity index (χ3v) is 15.5. The SMILES string of the molecule is CCCCCCOc1cc(-c2ccc(N(c3ccccc3)c3ccc(C(C)(C)c4cc(OCCCCCC)c(-c5ccc(-c6nnc(-c7ccc(C)cc7)o6)cc5)cc4OCCCCCC)cc3)cc2)c(OCCCCCC)cc1C. The molecule has 1 aromatic heterocycles. The molecule has 0 fully saturated rings. The van der Waals surface area contributed by atoms with E-state index in [4.69, 9.17) is 23.4 Å². The molecule has 8 aromatic rings. The number of rotatable bonds is 33. The van der Waals surface area contributed by atoms with Crippen molar-refractivity contribution in [3.05, 3.63) is 174 Å². The van der Waals surface area contributed by atoms with Gasteiger partial charge < -0.3 is 28.3 Å².